The van der Waals surface area contributed by atoms with Gasteiger partial charge in [-0.3, -0.25) is 9.80 Å². The average molecular weight is 472 g/mol. The summed E-state index contributed by atoms with van der Waals surface area (Å²) in [6, 6.07) is 17.8. The Kier molecular flexibility index (Phi) is 6.02. The van der Waals surface area contributed by atoms with Gasteiger partial charge in [0.15, 0.2) is 5.82 Å². The molecule has 0 atom stereocenters. The third-order valence-corrected chi connectivity index (χ3v) is 6.47. The third kappa shape index (κ3) is 4.14. The van der Waals surface area contributed by atoms with Gasteiger partial charge in [0, 0.05) is 36.6 Å². The number of pyridine rings is 2. The highest BCUT2D eigenvalue weighted by atomic mass is 32.2. The van der Waals surface area contributed by atoms with Crippen LogP contribution < -0.4 is 9.80 Å². The summed E-state index contributed by atoms with van der Waals surface area (Å²) in [7, 11) is 0. The van der Waals surface area contributed by atoms with Crippen molar-refractivity contribution in [1.82, 2.24) is 24.7 Å². The number of benzene rings is 1. The van der Waals surface area contributed by atoms with Gasteiger partial charge in [0.2, 0.25) is 0 Å². The van der Waals surface area contributed by atoms with E-state index in [9.17, 15) is 4.79 Å². The number of thioether (sulfide) groups is 1. The minimum absolute atomic E-state index is 0.0945. The zero-order valence-electron chi connectivity index (χ0n) is 19.3. The Bertz CT molecular complexity index is 1320. The molecule has 5 rings (SSSR count). The van der Waals surface area contributed by atoms with E-state index in [0.717, 1.165) is 21.8 Å². The first kappa shape index (κ1) is 22.1. The van der Waals surface area contributed by atoms with Gasteiger partial charge in [0.1, 0.15) is 17.8 Å². The molecule has 1 aromatic carbocycles. The van der Waals surface area contributed by atoms with Crippen LogP contribution in [0.25, 0.3) is 22.6 Å². The van der Waals surface area contributed by atoms with Crippen LogP contribution in [-0.4, -0.2) is 50.1 Å². The Hall–Kier alpha value is -3.72. The second kappa shape index (κ2) is 9.26. The highest BCUT2D eigenvalue weighted by molar-refractivity contribution is 7.98. The summed E-state index contributed by atoms with van der Waals surface area (Å²) < 4.78 is 1.97. The first-order valence-corrected chi connectivity index (χ1v) is 12.3. The fourth-order valence-corrected chi connectivity index (χ4v) is 4.38. The van der Waals surface area contributed by atoms with Gasteiger partial charge in [-0.05, 0) is 56.0 Å². The largest absolute Gasteiger partial charge is 0.330 e. The Morgan fingerprint density at radius 2 is 1.79 bits per heavy atom. The third-order valence-electron chi connectivity index (χ3n) is 5.82. The molecule has 1 aliphatic rings. The zero-order chi connectivity index (χ0) is 23.7. The summed E-state index contributed by atoms with van der Waals surface area (Å²) in [5.74, 6) is 1.30. The van der Waals surface area contributed by atoms with Crippen LogP contribution in [0.3, 0.4) is 0 Å². The van der Waals surface area contributed by atoms with Crippen molar-refractivity contribution in [3.63, 3.8) is 0 Å². The van der Waals surface area contributed by atoms with Crippen LogP contribution in [0.5, 0.6) is 0 Å². The van der Waals surface area contributed by atoms with Crippen molar-refractivity contribution in [3.8, 4) is 22.6 Å². The van der Waals surface area contributed by atoms with E-state index >= 15 is 0 Å². The highest BCUT2D eigenvalue weighted by Gasteiger charge is 2.32. The first-order chi connectivity index (χ1) is 16.5. The maximum absolute atomic E-state index is 13.4. The molecule has 4 aromatic rings. The van der Waals surface area contributed by atoms with E-state index in [1.54, 1.807) is 27.9 Å². The van der Waals surface area contributed by atoms with Gasteiger partial charge in [-0.15, -0.1) is 22.0 Å². The van der Waals surface area contributed by atoms with Gasteiger partial charge in [-0.2, -0.15) is 0 Å². The van der Waals surface area contributed by atoms with Crippen molar-refractivity contribution in [3.05, 3.63) is 67.1 Å². The SMILES string of the molecule is CSc1ccc(-c2cccc(N3CCN(c4cccc(-c5nncn5C(C)C)n4)C3=O)c2)cn1. The van der Waals surface area contributed by atoms with Crippen LogP contribution in [0.1, 0.15) is 19.9 Å². The molecule has 9 heteroatoms. The lowest BCUT2D eigenvalue weighted by atomic mass is 10.1. The Balaban J connectivity index is 1.39. The lowest BCUT2D eigenvalue weighted by Crippen LogP contribution is -2.32. The van der Waals surface area contributed by atoms with Crippen molar-refractivity contribution < 1.29 is 4.79 Å². The van der Waals surface area contributed by atoms with Gasteiger partial charge in [0.25, 0.3) is 0 Å². The van der Waals surface area contributed by atoms with E-state index in [4.69, 9.17) is 4.98 Å². The molecule has 4 heterocycles. The second-order valence-electron chi connectivity index (χ2n) is 8.26. The van der Waals surface area contributed by atoms with Crippen LogP contribution in [0.4, 0.5) is 16.3 Å². The molecule has 0 spiro atoms. The van der Waals surface area contributed by atoms with Crippen molar-refractivity contribution in [2.45, 2.75) is 24.9 Å². The molecule has 0 N–H and O–H groups in total. The smallest absolute Gasteiger partial charge is 0.310 e. The maximum Gasteiger partial charge on any atom is 0.330 e. The number of hydrogen-bond acceptors (Lipinski definition) is 6. The van der Waals surface area contributed by atoms with Gasteiger partial charge in [-0.25, -0.2) is 14.8 Å². The monoisotopic (exact) mass is 471 g/mol. The second-order valence-corrected chi connectivity index (χ2v) is 9.09. The van der Waals surface area contributed by atoms with Crippen LogP contribution in [0.15, 0.2) is 72.1 Å². The zero-order valence-corrected chi connectivity index (χ0v) is 20.1. The molecular weight excluding hydrogens is 446 g/mol. The molecule has 0 unspecified atom stereocenters. The summed E-state index contributed by atoms with van der Waals surface area (Å²) in [5.41, 5.74) is 3.59. The van der Waals surface area contributed by atoms with E-state index < -0.39 is 0 Å². The summed E-state index contributed by atoms with van der Waals surface area (Å²) in [6.45, 7) is 5.28. The average Bonchev–Trinajstić information content (AvgIpc) is 3.52. The number of amides is 2. The van der Waals surface area contributed by atoms with Crippen molar-refractivity contribution >= 4 is 29.3 Å². The Morgan fingerprint density at radius 3 is 2.56 bits per heavy atom. The van der Waals surface area contributed by atoms with Gasteiger partial charge < -0.3 is 4.57 Å². The quantitative estimate of drug-likeness (QED) is 0.362. The lowest BCUT2D eigenvalue weighted by molar-refractivity contribution is 0.255. The highest BCUT2D eigenvalue weighted by Crippen LogP contribution is 2.30. The number of aromatic nitrogens is 5. The predicted octanol–water partition coefficient (Wildman–Crippen LogP) is 5.15. The number of urea groups is 1. The van der Waals surface area contributed by atoms with E-state index in [-0.39, 0.29) is 12.1 Å². The standard InChI is InChI=1S/C25H25N7OS/c1-17(2)32-16-27-29-24(32)21-8-5-9-22(28-21)31-13-12-30(25(31)33)20-7-4-6-18(14-20)19-10-11-23(34-3)26-15-19/h4-11,14-17H,12-13H2,1-3H3. The summed E-state index contributed by atoms with van der Waals surface area (Å²) in [4.78, 5) is 26.1. The van der Waals surface area contributed by atoms with Gasteiger partial charge in [-0.1, -0.05) is 24.3 Å². The number of carbonyl (C=O) groups is 1. The van der Waals surface area contributed by atoms with E-state index in [1.165, 1.54) is 0 Å². The topological polar surface area (TPSA) is 80.0 Å². The molecule has 0 aliphatic carbocycles. The molecular formula is C25H25N7OS. The van der Waals surface area contributed by atoms with E-state index in [1.807, 2.05) is 65.6 Å². The minimum atomic E-state index is -0.0945. The molecule has 1 saturated heterocycles. The molecule has 3 aromatic heterocycles. The normalized spacial score (nSPS) is 13.8. The number of anilines is 2. The molecule has 0 saturated carbocycles. The first-order valence-electron chi connectivity index (χ1n) is 11.1. The maximum atomic E-state index is 13.4. The van der Waals surface area contributed by atoms with Crippen LogP contribution in [0.2, 0.25) is 0 Å². The molecule has 2 amide bonds. The number of hydrogen-bond donors (Lipinski definition) is 0. The van der Waals surface area contributed by atoms with Crippen molar-refractivity contribution in [2.75, 3.05) is 29.1 Å². The van der Waals surface area contributed by atoms with E-state index in [2.05, 4.69) is 35.1 Å². The molecule has 1 aliphatic heterocycles. The molecule has 172 valence electrons. The van der Waals surface area contributed by atoms with Gasteiger partial charge >= 0.3 is 6.03 Å². The molecule has 0 bridgehead atoms. The van der Waals surface area contributed by atoms with Crippen LogP contribution in [0, 0.1) is 0 Å². The van der Waals surface area contributed by atoms with Crippen molar-refractivity contribution in [2.24, 2.45) is 0 Å². The van der Waals surface area contributed by atoms with Crippen LogP contribution >= 0.6 is 11.8 Å². The predicted molar refractivity (Wildman–Crippen MR) is 135 cm³/mol. The summed E-state index contributed by atoms with van der Waals surface area (Å²) >= 11 is 1.61. The molecule has 0 radical (unpaired) electrons. The van der Waals surface area contributed by atoms with Gasteiger partial charge in [0.05, 0.1) is 5.03 Å². The minimum Gasteiger partial charge on any atom is -0.310 e. The lowest BCUT2D eigenvalue weighted by Gasteiger charge is -2.19. The fraction of sp³-hybridized carbons (Fsp3) is 0.240. The fourth-order valence-electron chi connectivity index (χ4n) is 4.02. The number of carbonyl (C=O) groups excluding carboxylic acids is 1. The van der Waals surface area contributed by atoms with Crippen LogP contribution in [-0.2, 0) is 0 Å². The van der Waals surface area contributed by atoms with Crippen molar-refractivity contribution in [1.29, 1.82) is 0 Å². The molecule has 8 nitrogen and oxygen atoms in total. The number of rotatable bonds is 6. The molecule has 1 fully saturated rings. The van der Waals surface area contributed by atoms with E-state index in [0.29, 0.717) is 30.4 Å². The summed E-state index contributed by atoms with van der Waals surface area (Å²) in [5, 5.41) is 9.25. The Morgan fingerprint density at radius 1 is 0.971 bits per heavy atom. The summed E-state index contributed by atoms with van der Waals surface area (Å²) in [6.07, 6.45) is 5.58. The Labute approximate surface area is 202 Å². The number of nitrogens with zero attached hydrogens (tertiary/aromatic N) is 7. The molecule has 34 heavy (non-hydrogen) atoms.